The van der Waals surface area contributed by atoms with Crippen LogP contribution in [0.2, 0.25) is 0 Å². The normalized spacial score (nSPS) is 11.8. The van der Waals surface area contributed by atoms with Crippen LogP contribution in [0.25, 0.3) is 11.3 Å². The molecule has 2 aromatic heterocycles. The molecule has 0 bridgehead atoms. The average molecular weight is 482 g/mol. The molecule has 3 rings (SSSR count). The molecule has 33 heavy (non-hydrogen) atoms. The zero-order valence-electron chi connectivity index (χ0n) is 17.8. The number of rotatable bonds is 8. The molecule has 0 amide bonds. The van der Waals surface area contributed by atoms with Crippen molar-refractivity contribution in [1.29, 1.82) is 0 Å². The summed E-state index contributed by atoms with van der Waals surface area (Å²) in [4.78, 5) is 43.2. The van der Waals surface area contributed by atoms with Crippen LogP contribution in [0.5, 0.6) is 0 Å². The molecule has 0 aliphatic rings. The van der Waals surface area contributed by atoms with Gasteiger partial charge in [-0.15, -0.1) is 0 Å². The Bertz CT molecular complexity index is 1260. The molecular weight excluding hydrogens is 459 g/mol. The van der Waals surface area contributed by atoms with E-state index in [1.807, 2.05) is 13.8 Å². The molecule has 2 heterocycles. The van der Waals surface area contributed by atoms with Crippen LogP contribution in [-0.4, -0.2) is 36.8 Å². The van der Waals surface area contributed by atoms with Crippen LogP contribution in [0, 0.1) is 5.92 Å². The zero-order valence-corrected chi connectivity index (χ0v) is 18.7. The molecule has 0 fully saturated rings. The number of Topliss-reactive ketones (excluding diaryl/α,β-unsaturated/α-hetero) is 1. The smallest absolute Gasteiger partial charge is 0.384 e. The number of H-pyrrole nitrogens is 1. The van der Waals surface area contributed by atoms with E-state index in [0.717, 1.165) is 20.9 Å². The topological polar surface area (TPSA) is 116 Å². The lowest BCUT2D eigenvalue weighted by Gasteiger charge is -2.15. The van der Waals surface area contributed by atoms with Crippen molar-refractivity contribution in [3.63, 3.8) is 0 Å². The molecule has 1 aromatic carbocycles. The highest BCUT2D eigenvalue weighted by Crippen LogP contribution is 2.30. The van der Waals surface area contributed by atoms with Gasteiger partial charge in [-0.3, -0.25) is 19.1 Å². The van der Waals surface area contributed by atoms with Gasteiger partial charge >= 0.3 is 11.9 Å². The number of alkyl halides is 3. The van der Waals surface area contributed by atoms with Crippen molar-refractivity contribution in [2.75, 3.05) is 11.5 Å². The van der Waals surface area contributed by atoms with Crippen molar-refractivity contribution >= 4 is 23.4 Å². The number of carbonyl (C=O) groups excluding carboxylic acids is 1. The van der Waals surface area contributed by atoms with Crippen molar-refractivity contribution < 1.29 is 18.0 Å². The Labute approximate surface area is 190 Å². The van der Waals surface area contributed by atoms with Crippen molar-refractivity contribution in [3.8, 4) is 11.3 Å². The first-order valence-electron chi connectivity index (χ1n) is 9.94. The third kappa shape index (κ3) is 5.75. The molecule has 3 aromatic rings. The highest BCUT2D eigenvalue weighted by Gasteiger charge is 2.31. The fraction of sp³-hybridized carbons (Fsp3) is 0.333. The molecule has 0 spiro atoms. The highest BCUT2D eigenvalue weighted by molar-refractivity contribution is 7.99. The molecule has 12 heteroatoms. The molecular formula is C21H22F3N5O3S. The number of imidazole rings is 1. The summed E-state index contributed by atoms with van der Waals surface area (Å²) in [5.41, 5.74) is 4.64. The lowest BCUT2D eigenvalue weighted by atomic mass is 10.2. The summed E-state index contributed by atoms with van der Waals surface area (Å²) in [7, 11) is 0. The van der Waals surface area contributed by atoms with E-state index in [0.29, 0.717) is 5.56 Å². The molecule has 3 N–H and O–H groups in total. The quantitative estimate of drug-likeness (QED) is 0.377. The van der Waals surface area contributed by atoms with Gasteiger partial charge in [0.15, 0.2) is 10.9 Å². The SMILES string of the molecule is CC(C)Cn1c(N)c(C(=O)CSc2ncc(-c3ccccc3)n2CC(F)(F)F)c(=O)[nH]c1=O. The Balaban J connectivity index is 1.92. The number of anilines is 1. The predicted octanol–water partition coefficient (Wildman–Crippen LogP) is 3.18. The van der Waals surface area contributed by atoms with Gasteiger partial charge < -0.3 is 10.3 Å². The molecule has 0 aliphatic carbocycles. The van der Waals surface area contributed by atoms with Crippen molar-refractivity contribution in [3.05, 3.63) is 62.9 Å². The van der Waals surface area contributed by atoms with E-state index in [2.05, 4.69) is 9.97 Å². The minimum atomic E-state index is -4.52. The van der Waals surface area contributed by atoms with Gasteiger partial charge in [0.2, 0.25) is 0 Å². The number of nitrogens with one attached hydrogen (secondary N) is 1. The summed E-state index contributed by atoms with van der Waals surface area (Å²) >= 11 is 0.754. The van der Waals surface area contributed by atoms with Crippen LogP contribution in [0.15, 0.2) is 51.3 Å². The van der Waals surface area contributed by atoms with E-state index in [1.54, 1.807) is 30.3 Å². The maximum atomic E-state index is 13.2. The first-order chi connectivity index (χ1) is 15.5. The summed E-state index contributed by atoms with van der Waals surface area (Å²) < 4.78 is 41.8. The number of benzene rings is 1. The monoisotopic (exact) mass is 481 g/mol. The number of thioether (sulfide) groups is 1. The zero-order chi connectivity index (χ0) is 24.3. The molecule has 8 nitrogen and oxygen atoms in total. The minimum Gasteiger partial charge on any atom is -0.384 e. The molecule has 0 saturated heterocycles. The van der Waals surface area contributed by atoms with Crippen molar-refractivity contribution in [1.82, 2.24) is 19.1 Å². The summed E-state index contributed by atoms with van der Waals surface area (Å²) in [5, 5.41) is -0.0370. The third-order valence-electron chi connectivity index (χ3n) is 4.62. The number of halogens is 3. The highest BCUT2D eigenvalue weighted by atomic mass is 32.2. The fourth-order valence-electron chi connectivity index (χ4n) is 3.25. The Morgan fingerprint density at radius 1 is 1.18 bits per heavy atom. The first kappa shape index (κ1) is 24.4. The lowest BCUT2D eigenvalue weighted by molar-refractivity contribution is -0.141. The van der Waals surface area contributed by atoms with Gasteiger partial charge in [-0.2, -0.15) is 13.2 Å². The molecule has 0 atom stereocenters. The van der Waals surface area contributed by atoms with E-state index in [9.17, 15) is 27.6 Å². The van der Waals surface area contributed by atoms with Gasteiger partial charge in [-0.25, -0.2) is 9.78 Å². The van der Waals surface area contributed by atoms with Crippen LogP contribution in [0.4, 0.5) is 19.0 Å². The Kier molecular flexibility index (Phi) is 7.15. The Hall–Kier alpha value is -3.28. The number of hydrogen-bond donors (Lipinski definition) is 2. The van der Waals surface area contributed by atoms with E-state index in [1.165, 1.54) is 6.20 Å². The largest absolute Gasteiger partial charge is 0.406 e. The first-order valence-corrected chi connectivity index (χ1v) is 10.9. The number of nitrogen functional groups attached to an aromatic ring is 1. The summed E-state index contributed by atoms with van der Waals surface area (Å²) in [6, 6.07) is 8.43. The van der Waals surface area contributed by atoms with E-state index in [4.69, 9.17) is 5.73 Å². The second kappa shape index (κ2) is 9.69. The third-order valence-corrected chi connectivity index (χ3v) is 5.61. The van der Waals surface area contributed by atoms with Crippen molar-refractivity contribution in [2.24, 2.45) is 5.92 Å². The van der Waals surface area contributed by atoms with Gasteiger partial charge in [-0.1, -0.05) is 55.9 Å². The standard InChI is InChI=1S/C21H22F3N5O3S/c1-12(2)9-28-17(25)16(18(31)27-19(28)32)15(30)10-33-20-26-8-14(13-6-4-3-5-7-13)29(20)11-21(22,23)24/h3-8,12H,9-11,25H2,1-2H3,(H,27,31,32). The van der Waals surface area contributed by atoms with Gasteiger partial charge in [0.05, 0.1) is 17.6 Å². The molecule has 0 radical (unpaired) electrons. The van der Waals surface area contributed by atoms with Crippen LogP contribution in [-0.2, 0) is 13.1 Å². The number of aromatic nitrogens is 4. The van der Waals surface area contributed by atoms with Crippen LogP contribution in [0.1, 0.15) is 24.2 Å². The molecule has 0 unspecified atom stereocenters. The van der Waals surface area contributed by atoms with Gasteiger partial charge in [0.25, 0.3) is 5.56 Å². The van der Waals surface area contributed by atoms with Crippen LogP contribution >= 0.6 is 11.8 Å². The van der Waals surface area contributed by atoms with E-state index >= 15 is 0 Å². The van der Waals surface area contributed by atoms with E-state index < -0.39 is 41.1 Å². The number of nitrogens with two attached hydrogens (primary N) is 1. The number of nitrogens with zero attached hydrogens (tertiary/aromatic N) is 3. The van der Waals surface area contributed by atoms with Gasteiger partial charge in [0, 0.05) is 6.54 Å². The summed E-state index contributed by atoms with van der Waals surface area (Å²) in [6.07, 6.45) is -3.21. The maximum absolute atomic E-state index is 13.2. The lowest BCUT2D eigenvalue weighted by Crippen LogP contribution is -2.37. The predicted molar refractivity (Wildman–Crippen MR) is 119 cm³/mol. The fourth-order valence-corrected chi connectivity index (χ4v) is 4.10. The summed E-state index contributed by atoms with van der Waals surface area (Å²) in [6.45, 7) is 2.55. The second-order valence-corrected chi connectivity index (χ2v) is 8.67. The molecule has 0 saturated carbocycles. The van der Waals surface area contributed by atoms with Crippen molar-refractivity contribution in [2.45, 2.75) is 38.3 Å². The Morgan fingerprint density at radius 3 is 2.45 bits per heavy atom. The number of ketones is 1. The average Bonchev–Trinajstić information content (AvgIpc) is 3.10. The molecule has 0 aliphatic heterocycles. The van der Waals surface area contributed by atoms with E-state index in [-0.39, 0.29) is 29.1 Å². The number of aromatic amines is 1. The molecule has 176 valence electrons. The Morgan fingerprint density at radius 2 is 1.85 bits per heavy atom. The van der Waals surface area contributed by atoms with Gasteiger partial charge in [-0.05, 0) is 11.5 Å². The number of carbonyl (C=O) groups is 1. The van der Waals surface area contributed by atoms with Crippen LogP contribution in [0.3, 0.4) is 0 Å². The maximum Gasteiger partial charge on any atom is 0.406 e. The van der Waals surface area contributed by atoms with Crippen LogP contribution < -0.4 is 17.0 Å². The number of hydrogen-bond acceptors (Lipinski definition) is 6. The minimum absolute atomic E-state index is 0.0134. The second-order valence-electron chi connectivity index (χ2n) is 7.73. The van der Waals surface area contributed by atoms with Gasteiger partial charge in [0.1, 0.15) is 17.9 Å². The summed E-state index contributed by atoms with van der Waals surface area (Å²) in [5.74, 6) is -1.37.